The normalized spacial score (nSPS) is 18.8. The molecule has 0 spiro atoms. The summed E-state index contributed by atoms with van der Waals surface area (Å²) in [5.41, 5.74) is 4.21. The predicted molar refractivity (Wildman–Crippen MR) is 111 cm³/mol. The third-order valence-corrected chi connectivity index (χ3v) is 5.60. The summed E-state index contributed by atoms with van der Waals surface area (Å²) >= 11 is 0. The Labute approximate surface area is 170 Å². The Morgan fingerprint density at radius 3 is 2.69 bits per heavy atom. The highest BCUT2D eigenvalue weighted by Crippen LogP contribution is 2.29. The fraction of sp³-hybridized carbons (Fsp3) is 0.435. The van der Waals surface area contributed by atoms with Crippen LogP contribution in [0.25, 0.3) is 0 Å². The summed E-state index contributed by atoms with van der Waals surface area (Å²) in [5, 5.41) is 12.3. The largest absolute Gasteiger partial charge is 0.371 e. The molecule has 0 bridgehead atoms. The van der Waals surface area contributed by atoms with Crippen LogP contribution in [0.1, 0.15) is 58.9 Å². The van der Waals surface area contributed by atoms with E-state index < -0.39 is 0 Å². The predicted octanol–water partition coefficient (Wildman–Crippen LogP) is 3.14. The van der Waals surface area contributed by atoms with Crippen molar-refractivity contribution in [3.63, 3.8) is 0 Å². The highest BCUT2D eigenvalue weighted by molar-refractivity contribution is 5.76. The van der Waals surface area contributed by atoms with E-state index in [1.54, 1.807) is 13.8 Å². The highest BCUT2D eigenvalue weighted by Gasteiger charge is 2.28. The van der Waals surface area contributed by atoms with Crippen LogP contribution in [-0.2, 0) is 16.0 Å². The Morgan fingerprint density at radius 1 is 1.28 bits per heavy atom. The SMILES string of the molecule is Cc1ccc([C@H]2OCCC[C@H]2NC(=O)CCc2c(C)[nH]c(=O)c(C#N)c2C)cc1. The van der Waals surface area contributed by atoms with E-state index in [0.29, 0.717) is 24.3 Å². The molecule has 1 fully saturated rings. The number of benzene rings is 1. The summed E-state index contributed by atoms with van der Waals surface area (Å²) in [7, 11) is 0. The summed E-state index contributed by atoms with van der Waals surface area (Å²) < 4.78 is 5.97. The Kier molecular flexibility index (Phi) is 6.50. The van der Waals surface area contributed by atoms with Gasteiger partial charge in [-0.1, -0.05) is 29.8 Å². The summed E-state index contributed by atoms with van der Waals surface area (Å²) in [6.07, 6.45) is 2.40. The van der Waals surface area contributed by atoms with Crippen LogP contribution in [0.15, 0.2) is 29.1 Å². The van der Waals surface area contributed by atoms with Gasteiger partial charge in [-0.3, -0.25) is 9.59 Å². The lowest BCUT2D eigenvalue weighted by Crippen LogP contribution is -2.42. The third kappa shape index (κ3) is 4.75. The number of H-pyrrole nitrogens is 1. The Hall–Kier alpha value is -2.91. The molecule has 1 amide bonds. The molecule has 2 aromatic rings. The van der Waals surface area contributed by atoms with Crippen molar-refractivity contribution in [2.45, 2.75) is 58.6 Å². The fourth-order valence-electron chi connectivity index (χ4n) is 3.95. The molecule has 1 saturated heterocycles. The number of hydrogen-bond acceptors (Lipinski definition) is 4. The molecule has 0 radical (unpaired) electrons. The van der Waals surface area contributed by atoms with E-state index >= 15 is 0 Å². The average Bonchev–Trinajstić information content (AvgIpc) is 2.69. The zero-order valence-electron chi connectivity index (χ0n) is 17.2. The topological polar surface area (TPSA) is 95.0 Å². The number of aromatic nitrogens is 1. The number of hydrogen-bond donors (Lipinski definition) is 2. The van der Waals surface area contributed by atoms with Crippen LogP contribution < -0.4 is 10.9 Å². The minimum absolute atomic E-state index is 0.0545. The van der Waals surface area contributed by atoms with Gasteiger partial charge in [-0.2, -0.15) is 5.26 Å². The number of pyridine rings is 1. The van der Waals surface area contributed by atoms with Gasteiger partial charge in [0.2, 0.25) is 5.91 Å². The lowest BCUT2D eigenvalue weighted by molar-refractivity contribution is -0.124. The molecular weight excluding hydrogens is 366 g/mol. The first-order chi connectivity index (χ1) is 13.9. The van der Waals surface area contributed by atoms with Gasteiger partial charge in [-0.15, -0.1) is 0 Å². The molecule has 2 atom stereocenters. The second kappa shape index (κ2) is 9.06. The van der Waals surface area contributed by atoms with Gasteiger partial charge in [0.1, 0.15) is 17.7 Å². The van der Waals surface area contributed by atoms with Gasteiger partial charge < -0.3 is 15.0 Å². The van der Waals surface area contributed by atoms with Gasteiger partial charge in [-0.05, 0) is 56.7 Å². The number of aromatic amines is 1. The number of nitriles is 1. The number of rotatable bonds is 5. The maximum Gasteiger partial charge on any atom is 0.266 e. The molecule has 1 aromatic carbocycles. The number of ether oxygens (including phenoxy) is 1. The Morgan fingerprint density at radius 2 is 2.00 bits per heavy atom. The molecule has 6 heteroatoms. The van der Waals surface area contributed by atoms with Crippen LogP contribution in [0.2, 0.25) is 0 Å². The van der Waals surface area contributed by atoms with E-state index in [2.05, 4.69) is 34.6 Å². The lowest BCUT2D eigenvalue weighted by atomic mass is 9.94. The number of amides is 1. The molecule has 1 aliphatic heterocycles. The molecule has 1 aromatic heterocycles. The second-order valence-electron chi connectivity index (χ2n) is 7.69. The first kappa shape index (κ1) is 20.8. The summed E-state index contributed by atoms with van der Waals surface area (Å²) in [4.78, 5) is 27.2. The van der Waals surface area contributed by atoms with Crippen LogP contribution in [-0.4, -0.2) is 23.5 Å². The number of nitrogens with zero attached hydrogens (tertiary/aromatic N) is 1. The standard InChI is InChI=1S/C23H27N3O3/c1-14-6-8-17(9-7-14)22-20(5-4-12-29-22)26-21(27)11-10-18-15(2)19(13-24)23(28)25-16(18)3/h6-9,20,22H,4-5,10-12H2,1-3H3,(H,25,28)(H,26,27)/t20-,22-/m1/s1. The summed E-state index contributed by atoms with van der Waals surface area (Å²) in [5.74, 6) is -0.0545. The van der Waals surface area contributed by atoms with Crippen molar-refractivity contribution < 1.29 is 9.53 Å². The van der Waals surface area contributed by atoms with Crippen LogP contribution >= 0.6 is 0 Å². The van der Waals surface area contributed by atoms with Crippen LogP contribution in [0.5, 0.6) is 0 Å². The third-order valence-electron chi connectivity index (χ3n) is 5.60. The molecule has 2 N–H and O–H groups in total. The number of nitrogens with one attached hydrogen (secondary N) is 2. The van der Waals surface area contributed by atoms with Crippen molar-refractivity contribution in [1.29, 1.82) is 5.26 Å². The molecular formula is C23H27N3O3. The van der Waals surface area contributed by atoms with E-state index in [9.17, 15) is 14.9 Å². The molecule has 152 valence electrons. The number of carbonyl (C=O) groups excluding carboxylic acids is 1. The molecule has 2 heterocycles. The molecule has 3 rings (SSSR count). The van der Waals surface area contributed by atoms with E-state index in [0.717, 1.165) is 24.0 Å². The zero-order valence-corrected chi connectivity index (χ0v) is 17.2. The smallest absolute Gasteiger partial charge is 0.266 e. The van der Waals surface area contributed by atoms with Crippen LogP contribution in [0, 0.1) is 32.1 Å². The van der Waals surface area contributed by atoms with E-state index in [-0.39, 0.29) is 35.6 Å². The van der Waals surface area contributed by atoms with E-state index in [1.807, 2.05) is 13.0 Å². The summed E-state index contributed by atoms with van der Waals surface area (Å²) in [6, 6.07) is 10.1. The number of carbonyl (C=O) groups is 1. The van der Waals surface area contributed by atoms with Crippen LogP contribution in [0.3, 0.4) is 0 Å². The second-order valence-corrected chi connectivity index (χ2v) is 7.69. The van der Waals surface area contributed by atoms with Crippen LogP contribution in [0.4, 0.5) is 0 Å². The zero-order chi connectivity index (χ0) is 21.0. The van der Waals surface area contributed by atoms with Crippen molar-refractivity contribution in [2.75, 3.05) is 6.61 Å². The summed E-state index contributed by atoms with van der Waals surface area (Å²) in [6.45, 7) is 6.29. The van der Waals surface area contributed by atoms with E-state index in [4.69, 9.17) is 4.74 Å². The van der Waals surface area contributed by atoms with Gasteiger partial charge in [0.05, 0.1) is 6.04 Å². The molecule has 0 saturated carbocycles. The van der Waals surface area contributed by atoms with Crippen molar-refractivity contribution in [1.82, 2.24) is 10.3 Å². The van der Waals surface area contributed by atoms with Crippen molar-refractivity contribution in [3.8, 4) is 6.07 Å². The minimum Gasteiger partial charge on any atom is -0.371 e. The van der Waals surface area contributed by atoms with Gasteiger partial charge in [0, 0.05) is 18.7 Å². The van der Waals surface area contributed by atoms with Crippen molar-refractivity contribution >= 4 is 5.91 Å². The molecule has 0 aliphatic carbocycles. The van der Waals surface area contributed by atoms with Gasteiger partial charge >= 0.3 is 0 Å². The van der Waals surface area contributed by atoms with Gasteiger partial charge in [-0.25, -0.2) is 0 Å². The maximum atomic E-state index is 12.7. The number of aryl methyl sites for hydroxylation is 2. The fourth-order valence-corrected chi connectivity index (χ4v) is 3.95. The average molecular weight is 393 g/mol. The molecule has 6 nitrogen and oxygen atoms in total. The first-order valence-electron chi connectivity index (χ1n) is 10.0. The highest BCUT2D eigenvalue weighted by atomic mass is 16.5. The molecule has 0 unspecified atom stereocenters. The first-order valence-corrected chi connectivity index (χ1v) is 10.0. The lowest BCUT2D eigenvalue weighted by Gasteiger charge is -2.33. The van der Waals surface area contributed by atoms with Crippen molar-refractivity contribution in [3.05, 3.63) is 68.1 Å². The maximum absolute atomic E-state index is 12.7. The quantitative estimate of drug-likeness (QED) is 0.816. The molecule has 29 heavy (non-hydrogen) atoms. The minimum atomic E-state index is -0.379. The van der Waals surface area contributed by atoms with Gasteiger partial charge in [0.15, 0.2) is 0 Å². The van der Waals surface area contributed by atoms with Crippen molar-refractivity contribution in [2.24, 2.45) is 0 Å². The van der Waals surface area contributed by atoms with E-state index in [1.165, 1.54) is 5.56 Å². The Bertz CT molecular complexity index is 986. The van der Waals surface area contributed by atoms with Gasteiger partial charge in [0.25, 0.3) is 5.56 Å². The monoisotopic (exact) mass is 393 g/mol. The molecule has 1 aliphatic rings. The Balaban J connectivity index is 1.68.